The van der Waals surface area contributed by atoms with Gasteiger partial charge in [0.1, 0.15) is 5.82 Å². The molecule has 0 unspecified atom stereocenters. The Hall–Kier alpha value is -11.1. The van der Waals surface area contributed by atoms with Crippen LogP contribution in [0.2, 0.25) is 0 Å². The summed E-state index contributed by atoms with van der Waals surface area (Å²) in [7, 11) is 0. The molecule has 6 aromatic heterocycles. The Balaban J connectivity index is 0.00000778. The van der Waals surface area contributed by atoms with Gasteiger partial charge in [0, 0.05) is 54.3 Å². The van der Waals surface area contributed by atoms with Gasteiger partial charge in [-0.15, -0.1) is 23.6 Å². The van der Waals surface area contributed by atoms with E-state index in [1.54, 1.807) is 27.3 Å². The maximum absolute atomic E-state index is 9.32. The summed E-state index contributed by atoms with van der Waals surface area (Å²) in [6, 6.07) is 69.3. The number of anilines is 3. The van der Waals surface area contributed by atoms with Gasteiger partial charge in [-0.05, 0) is 86.8 Å². The molecule has 0 saturated carbocycles. The van der Waals surface area contributed by atoms with Gasteiger partial charge in [-0.1, -0.05) is 232 Å². The molecule has 0 N–H and O–H groups in total. The Kier molecular flexibility index (Phi) is 10.7. The van der Waals surface area contributed by atoms with Gasteiger partial charge in [0.2, 0.25) is 17.8 Å². The zero-order valence-electron chi connectivity index (χ0n) is 58.5. The van der Waals surface area contributed by atoms with Gasteiger partial charge in [0.25, 0.3) is 6.33 Å². The van der Waals surface area contributed by atoms with E-state index in [2.05, 4.69) is 126 Å². The molecule has 0 saturated heterocycles. The molecule has 0 fully saturated rings. The summed E-state index contributed by atoms with van der Waals surface area (Å²) >= 11 is 0. The summed E-state index contributed by atoms with van der Waals surface area (Å²) in [4.78, 5) is 23.7. The minimum atomic E-state index is -0.594. The van der Waals surface area contributed by atoms with Crippen LogP contribution in [0, 0.1) is 18.5 Å². The minimum absolute atomic E-state index is 0. The molecule has 0 radical (unpaired) electrons. The third kappa shape index (κ3) is 8.85. The van der Waals surface area contributed by atoms with E-state index in [0.29, 0.717) is 45.8 Å². The summed E-state index contributed by atoms with van der Waals surface area (Å²) in [5.74, 6) is 1.56. The van der Waals surface area contributed by atoms with Crippen molar-refractivity contribution in [3.63, 3.8) is 0 Å². The van der Waals surface area contributed by atoms with E-state index in [9.17, 15) is 5.48 Å². The Labute approximate surface area is 547 Å². The first kappa shape index (κ1) is 44.4. The van der Waals surface area contributed by atoms with Crippen molar-refractivity contribution in [3.8, 4) is 51.3 Å². The van der Waals surface area contributed by atoms with Crippen molar-refractivity contribution in [2.45, 2.75) is 26.2 Å². The van der Waals surface area contributed by atoms with Crippen LogP contribution in [0.4, 0.5) is 17.3 Å². The van der Waals surface area contributed by atoms with Crippen molar-refractivity contribution in [2.24, 2.45) is 0 Å². The van der Waals surface area contributed by atoms with Crippen LogP contribution in [0.15, 0.2) is 273 Å². The Morgan fingerprint density at radius 3 is 1.48 bits per heavy atom. The zero-order chi connectivity index (χ0) is 68.0. The Morgan fingerprint density at radius 2 is 0.933 bits per heavy atom. The number of aromatic nitrogens is 9. The fourth-order valence-corrected chi connectivity index (χ4v) is 12.6. The molecule has 90 heavy (non-hydrogen) atoms. The molecule has 11 aromatic carbocycles. The second kappa shape index (κ2) is 21.7. The number of benzene rings is 11. The van der Waals surface area contributed by atoms with Gasteiger partial charge in [0.05, 0.1) is 52.5 Å². The third-order valence-electron chi connectivity index (χ3n) is 16.6. The van der Waals surface area contributed by atoms with Crippen LogP contribution in [0.5, 0.6) is 0 Å². The second-order valence-electron chi connectivity index (χ2n) is 22.8. The molecular weight excluding hydrogens is 1280 g/mol. The van der Waals surface area contributed by atoms with Gasteiger partial charge < -0.3 is 14.0 Å². The first-order valence-corrected chi connectivity index (χ1v) is 29.2. The summed E-state index contributed by atoms with van der Waals surface area (Å²) in [5.41, 5.74) is 8.51. The predicted molar refractivity (Wildman–Crippen MR) is 360 cm³/mol. The van der Waals surface area contributed by atoms with Crippen molar-refractivity contribution in [1.82, 2.24) is 38.2 Å². The molecule has 0 spiro atoms. The third-order valence-corrected chi connectivity index (χ3v) is 16.6. The molecule has 11 heteroatoms. The SMILES string of the molecule is [2H]c1c([2H])c([2H])c(-c2cccc(-c3c([2H])c([2H])c([2H])c([2H])c3[2H])c2-[n+]2[c-]n(-c3[c-]c(N(c4[c-]c5c(cc4)c4ccccc4n5-c4cc(C(C)(C)C)ccn4)c4nc(-n5c6ccccc6c6ccccc65)nc(-n5c6ccccc6c6ccccc65)n4)ccc3)c3ccccc32)c([2H])c1[2H].[Pt]. The normalized spacial score (nSPS) is 13.4. The van der Waals surface area contributed by atoms with Crippen LogP contribution in [-0.2, 0) is 26.5 Å². The molecule has 0 bridgehead atoms. The summed E-state index contributed by atoms with van der Waals surface area (Å²) in [5, 5.41) is 5.94. The van der Waals surface area contributed by atoms with E-state index in [1.807, 2.05) is 126 Å². The number of imidazole rings is 1. The molecule has 17 rings (SSSR count). The van der Waals surface area contributed by atoms with Crippen molar-refractivity contribution in [3.05, 3.63) is 297 Å². The van der Waals surface area contributed by atoms with Crippen LogP contribution >= 0.6 is 0 Å². The van der Waals surface area contributed by atoms with Gasteiger partial charge in [-0.25, -0.2) is 4.98 Å². The van der Waals surface area contributed by atoms with Gasteiger partial charge in [0.15, 0.2) is 0 Å². The molecule has 0 amide bonds. The molecule has 17 aromatic rings. The van der Waals surface area contributed by atoms with E-state index in [0.717, 1.165) is 71.0 Å². The molecule has 10 nitrogen and oxygen atoms in total. The number of nitrogens with zero attached hydrogens (tertiary/aromatic N) is 10. The molecule has 0 aliphatic heterocycles. The Morgan fingerprint density at radius 1 is 0.456 bits per heavy atom. The van der Waals surface area contributed by atoms with Gasteiger partial charge in [-0.2, -0.15) is 39.2 Å². The number of rotatable bonds is 10. The van der Waals surface area contributed by atoms with Crippen LogP contribution < -0.4 is 9.47 Å². The molecule has 6 heterocycles. The van der Waals surface area contributed by atoms with Crippen LogP contribution in [0.3, 0.4) is 0 Å². The molecule has 0 aliphatic carbocycles. The van der Waals surface area contributed by atoms with E-state index in [-0.39, 0.29) is 60.4 Å². The average molecular weight is 1350 g/mol. The quantitative estimate of drug-likeness (QED) is 0.101. The predicted octanol–water partition coefficient (Wildman–Crippen LogP) is 18.3. The number of hydrogen-bond acceptors (Lipinski definition) is 5. The number of pyridine rings is 1. The van der Waals surface area contributed by atoms with E-state index < -0.39 is 60.4 Å². The fraction of sp³-hybridized carbons (Fsp3) is 0.0506. The molecule has 0 atom stereocenters. The van der Waals surface area contributed by atoms with Crippen molar-refractivity contribution in [2.75, 3.05) is 4.90 Å². The Bertz CT molecular complexity index is 5910. The second-order valence-corrected chi connectivity index (χ2v) is 22.8. The average Bonchev–Trinajstić information content (AvgIpc) is 1.51. The largest absolute Gasteiger partial charge is 0.328 e. The summed E-state index contributed by atoms with van der Waals surface area (Å²) in [6.45, 7) is 6.54. The van der Waals surface area contributed by atoms with Crippen LogP contribution in [0.25, 0.3) is 128 Å². The van der Waals surface area contributed by atoms with E-state index >= 15 is 0 Å². The maximum atomic E-state index is 9.32. The topological polar surface area (TPSA) is 78.4 Å². The van der Waals surface area contributed by atoms with Crippen molar-refractivity contribution in [1.29, 1.82) is 0 Å². The van der Waals surface area contributed by atoms with Crippen LogP contribution in [0.1, 0.15) is 40.0 Å². The first-order chi connectivity index (χ1) is 47.9. The van der Waals surface area contributed by atoms with Gasteiger partial charge >= 0.3 is 0 Å². The molecule has 0 aliphatic rings. The standard InChI is InChI=1S/C79H54N10.Pt/c1-79(2,3)54-46-47-80-74(48-54)87-66-37-15-10-34-64(66)65-45-44-57(50-73(65)87)86(56-29-22-28-55(49-56)84-51-85(72-43-21-20-42-71(72)84)75-58(52-24-6-4-7-25-52)35-23-36-59(75)53-26-8-5-9-27-53)76-81-77(88-67-38-16-11-30-60(67)61-31-12-17-39-68(61)88)83-78(82-76)89-69-40-18-13-32-62(69)63-33-14-19-41-70(63)89;/h4-48H,1-3H3;/q-2;/i4D,5D,6D,7D,8D,9D,24D,25D,26D,27D;. The first-order valence-electron chi connectivity index (χ1n) is 34.2. The minimum Gasteiger partial charge on any atom is -0.328 e. The fourth-order valence-electron chi connectivity index (χ4n) is 12.6. The maximum Gasteiger partial charge on any atom is 0.268 e. The smallest absolute Gasteiger partial charge is 0.268 e. The monoisotopic (exact) mass is 1350 g/mol. The zero-order valence-corrected chi connectivity index (χ0v) is 50.8. The van der Waals surface area contributed by atoms with Gasteiger partial charge in [-0.3, -0.25) is 13.7 Å². The summed E-state index contributed by atoms with van der Waals surface area (Å²) in [6.07, 6.45) is 5.41. The van der Waals surface area contributed by atoms with E-state index in [1.165, 1.54) is 0 Å². The molecule has 432 valence electrons. The number of fused-ring (bicyclic) bond motifs is 10. The summed E-state index contributed by atoms with van der Waals surface area (Å²) < 4.78 is 99.4. The van der Waals surface area contributed by atoms with Crippen LogP contribution in [-0.4, -0.2) is 38.2 Å². The molecular formula is C79H54N10Pt-2. The van der Waals surface area contributed by atoms with E-state index in [4.69, 9.17) is 28.2 Å². The number of para-hydroxylation sites is 8. The number of hydrogen-bond donors (Lipinski definition) is 0. The van der Waals surface area contributed by atoms with Crippen molar-refractivity contribution >= 4 is 93.8 Å². The van der Waals surface area contributed by atoms with Crippen molar-refractivity contribution < 1.29 is 39.3 Å².